The van der Waals surface area contributed by atoms with Crippen molar-refractivity contribution in [1.29, 1.82) is 0 Å². The minimum absolute atomic E-state index is 0.254. The van der Waals surface area contributed by atoms with Crippen molar-refractivity contribution in [2.24, 2.45) is 0 Å². The SMILES string of the molecule is C=CCOc1ccc(F)cc1. The van der Waals surface area contributed by atoms with Crippen molar-refractivity contribution in [2.75, 3.05) is 6.61 Å². The number of benzene rings is 1. The molecule has 0 unspecified atom stereocenters. The van der Waals surface area contributed by atoms with Crippen molar-refractivity contribution in [3.8, 4) is 5.75 Å². The first-order valence-electron chi connectivity index (χ1n) is 3.32. The van der Waals surface area contributed by atoms with Gasteiger partial charge in [-0.15, -0.1) is 0 Å². The lowest BCUT2D eigenvalue weighted by molar-refractivity contribution is 0.362. The van der Waals surface area contributed by atoms with Gasteiger partial charge >= 0.3 is 0 Å². The van der Waals surface area contributed by atoms with E-state index in [-0.39, 0.29) is 5.82 Å². The first kappa shape index (κ1) is 7.79. The Morgan fingerprint density at radius 3 is 2.55 bits per heavy atom. The maximum atomic E-state index is 12.3. The number of hydrogen-bond acceptors (Lipinski definition) is 1. The summed E-state index contributed by atoms with van der Waals surface area (Å²) in [6.07, 6.45) is 1.64. The highest BCUT2D eigenvalue weighted by Crippen LogP contribution is 2.10. The predicted molar refractivity (Wildman–Crippen MR) is 42.1 cm³/mol. The van der Waals surface area contributed by atoms with Gasteiger partial charge in [0.1, 0.15) is 18.2 Å². The molecule has 0 aliphatic carbocycles. The molecule has 1 aromatic carbocycles. The van der Waals surface area contributed by atoms with Crippen LogP contribution in [-0.4, -0.2) is 6.61 Å². The van der Waals surface area contributed by atoms with E-state index in [0.29, 0.717) is 12.4 Å². The molecule has 0 amide bonds. The summed E-state index contributed by atoms with van der Waals surface area (Å²) in [5, 5.41) is 0. The van der Waals surface area contributed by atoms with Gasteiger partial charge in [0.25, 0.3) is 0 Å². The molecule has 58 valence electrons. The quantitative estimate of drug-likeness (QED) is 0.604. The third-order valence-electron chi connectivity index (χ3n) is 1.18. The lowest BCUT2D eigenvalue weighted by atomic mass is 10.3. The summed E-state index contributed by atoms with van der Waals surface area (Å²) in [5.74, 6) is 0.405. The summed E-state index contributed by atoms with van der Waals surface area (Å²) in [4.78, 5) is 0. The average Bonchev–Trinajstić information content (AvgIpc) is 2.04. The van der Waals surface area contributed by atoms with Crippen molar-refractivity contribution in [1.82, 2.24) is 0 Å². The zero-order valence-electron chi connectivity index (χ0n) is 6.09. The van der Waals surface area contributed by atoms with E-state index in [1.54, 1.807) is 18.2 Å². The molecule has 2 heteroatoms. The molecule has 0 heterocycles. The second kappa shape index (κ2) is 3.76. The third kappa shape index (κ3) is 2.42. The fourth-order valence-corrected chi connectivity index (χ4v) is 0.686. The number of ether oxygens (including phenoxy) is 1. The Balaban J connectivity index is 2.58. The number of hydrogen-bond donors (Lipinski definition) is 0. The fraction of sp³-hybridized carbons (Fsp3) is 0.111. The van der Waals surface area contributed by atoms with Crippen molar-refractivity contribution in [3.63, 3.8) is 0 Å². The molecule has 0 aliphatic heterocycles. The third-order valence-corrected chi connectivity index (χ3v) is 1.18. The van der Waals surface area contributed by atoms with Crippen LogP contribution >= 0.6 is 0 Å². The zero-order chi connectivity index (χ0) is 8.10. The van der Waals surface area contributed by atoms with Gasteiger partial charge in [0.2, 0.25) is 0 Å². The first-order valence-corrected chi connectivity index (χ1v) is 3.32. The predicted octanol–water partition coefficient (Wildman–Crippen LogP) is 2.39. The highest BCUT2D eigenvalue weighted by Gasteiger charge is 1.91. The molecule has 1 rings (SSSR count). The van der Waals surface area contributed by atoms with Gasteiger partial charge in [-0.25, -0.2) is 4.39 Å². The van der Waals surface area contributed by atoms with Crippen LogP contribution in [0.25, 0.3) is 0 Å². The van der Waals surface area contributed by atoms with E-state index in [1.807, 2.05) is 0 Å². The summed E-state index contributed by atoms with van der Waals surface area (Å²) < 4.78 is 17.5. The Hall–Kier alpha value is -1.31. The van der Waals surface area contributed by atoms with Crippen molar-refractivity contribution >= 4 is 0 Å². The maximum Gasteiger partial charge on any atom is 0.123 e. The van der Waals surface area contributed by atoms with Crippen LogP contribution in [0.4, 0.5) is 4.39 Å². The lowest BCUT2D eigenvalue weighted by Crippen LogP contribution is -1.91. The highest BCUT2D eigenvalue weighted by atomic mass is 19.1. The van der Waals surface area contributed by atoms with E-state index in [2.05, 4.69) is 6.58 Å². The number of rotatable bonds is 3. The van der Waals surface area contributed by atoms with E-state index in [1.165, 1.54) is 12.1 Å². The molecule has 0 saturated carbocycles. The van der Waals surface area contributed by atoms with Crippen LogP contribution in [0.1, 0.15) is 0 Å². The summed E-state index contributed by atoms with van der Waals surface area (Å²) in [6, 6.07) is 5.88. The molecular weight excluding hydrogens is 143 g/mol. The summed E-state index contributed by atoms with van der Waals surface area (Å²) >= 11 is 0. The van der Waals surface area contributed by atoms with E-state index in [9.17, 15) is 4.39 Å². The topological polar surface area (TPSA) is 9.23 Å². The van der Waals surface area contributed by atoms with E-state index in [0.717, 1.165) is 0 Å². The van der Waals surface area contributed by atoms with Crippen molar-refractivity contribution < 1.29 is 9.13 Å². The Bertz CT molecular complexity index is 228. The van der Waals surface area contributed by atoms with Crippen LogP contribution in [0.3, 0.4) is 0 Å². The molecule has 1 nitrogen and oxygen atoms in total. The Morgan fingerprint density at radius 2 is 2.00 bits per heavy atom. The molecule has 0 radical (unpaired) electrons. The van der Waals surface area contributed by atoms with Gasteiger partial charge < -0.3 is 4.74 Å². The molecular formula is C9H9FO. The summed E-state index contributed by atoms with van der Waals surface area (Å²) in [6.45, 7) is 3.94. The second-order valence-electron chi connectivity index (χ2n) is 2.05. The van der Waals surface area contributed by atoms with E-state index < -0.39 is 0 Å². The van der Waals surface area contributed by atoms with Crippen LogP contribution in [0, 0.1) is 5.82 Å². The molecule has 0 atom stereocenters. The van der Waals surface area contributed by atoms with Gasteiger partial charge in [0.15, 0.2) is 0 Å². The van der Waals surface area contributed by atoms with Gasteiger partial charge in [-0.3, -0.25) is 0 Å². The van der Waals surface area contributed by atoms with Crippen LogP contribution in [-0.2, 0) is 0 Å². The Kier molecular flexibility index (Phi) is 2.66. The highest BCUT2D eigenvalue weighted by molar-refractivity contribution is 5.22. The Morgan fingerprint density at radius 1 is 1.36 bits per heavy atom. The summed E-state index contributed by atoms with van der Waals surface area (Å²) in [5.41, 5.74) is 0. The van der Waals surface area contributed by atoms with Crippen LogP contribution in [0.15, 0.2) is 36.9 Å². The van der Waals surface area contributed by atoms with E-state index in [4.69, 9.17) is 4.74 Å². The molecule has 0 bridgehead atoms. The largest absolute Gasteiger partial charge is 0.490 e. The molecule has 0 N–H and O–H groups in total. The molecule has 1 aromatic rings. The smallest absolute Gasteiger partial charge is 0.123 e. The van der Waals surface area contributed by atoms with Crippen LogP contribution in [0.5, 0.6) is 5.75 Å². The monoisotopic (exact) mass is 152 g/mol. The van der Waals surface area contributed by atoms with E-state index >= 15 is 0 Å². The van der Waals surface area contributed by atoms with Crippen molar-refractivity contribution in [2.45, 2.75) is 0 Å². The lowest BCUT2D eigenvalue weighted by Gasteiger charge is -2.00. The van der Waals surface area contributed by atoms with Crippen LogP contribution in [0.2, 0.25) is 0 Å². The second-order valence-corrected chi connectivity index (χ2v) is 2.05. The van der Waals surface area contributed by atoms with Gasteiger partial charge in [0.05, 0.1) is 0 Å². The Labute approximate surface area is 65.1 Å². The van der Waals surface area contributed by atoms with Crippen molar-refractivity contribution in [3.05, 3.63) is 42.7 Å². The van der Waals surface area contributed by atoms with Gasteiger partial charge in [-0.2, -0.15) is 0 Å². The molecule has 0 saturated heterocycles. The minimum atomic E-state index is -0.254. The van der Waals surface area contributed by atoms with Gasteiger partial charge in [-0.1, -0.05) is 12.7 Å². The molecule has 0 spiro atoms. The standard InChI is InChI=1S/C9H9FO/c1-2-7-11-9-5-3-8(10)4-6-9/h2-6H,1,7H2. The fourth-order valence-electron chi connectivity index (χ4n) is 0.686. The molecule has 0 aliphatic rings. The minimum Gasteiger partial charge on any atom is -0.490 e. The summed E-state index contributed by atoms with van der Waals surface area (Å²) in [7, 11) is 0. The number of halogens is 1. The first-order chi connectivity index (χ1) is 5.33. The normalized spacial score (nSPS) is 9.18. The van der Waals surface area contributed by atoms with Gasteiger partial charge in [0, 0.05) is 0 Å². The maximum absolute atomic E-state index is 12.3. The zero-order valence-corrected chi connectivity index (χ0v) is 6.09. The van der Waals surface area contributed by atoms with Gasteiger partial charge in [-0.05, 0) is 24.3 Å². The average molecular weight is 152 g/mol. The molecule has 11 heavy (non-hydrogen) atoms. The van der Waals surface area contributed by atoms with Crippen LogP contribution < -0.4 is 4.74 Å². The molecule has 0 fully saturated rings. The molecule has 0 aromatic heterocycles.